The molecule has 0 spiro atoms. The van der Waals surface area contributed by atoms with Gasteiger partial charge in [0.25, 0.3) is 0 Å². The molecule has 0 aliphatic carbocycles. The van der Waals surface area contributed by atoms with E-state index < -0.39 is 0 Å². The van der Waals surface area contributed by atoms with Gasteiger partial charge in [0, 0.05) is 67.6 Å². The summed E-state index contributed by atoms with van der Waals surface area (Å²) < 4.78 is 0. The van der Waals surface area contributed by atoms with Gasteiger partial charge in [0.2, 0.25) is 0 Å². The van der Waals surface area contributed by atoms with Crippen LogP contribution in [0, 0.1) is 0 Å². The van der Waals surface area contributed by atoms with Crippen LogP contribution in [0.3, 0.4) is 0 Å². The average Bonchev–Trinajstić information content (AvgIpc) is 0.760. The minimum atomic E-state index is 1.11. The summed E-state index contributed by atoms with van der Waals surface area (Å²) in [6.45, 7) is 0. The van der Waals surface area contributed by atoms with E-state index in [4.69, 9.17) is 0 Å². The van der Waals surface area contributed by atoms with E-state index in [0.29, 0.717) is 0 Å². The second kappa shape index (κ2) is 27.1. The minimum Gasteiger partial charge on any atom is -0.310 e. The Bertz CT molecular complexity index is 5520. The van der Waals surface area contributed by atoms with Gasteiger partial charge in [-0.1, -0.05) is 279 Å². The first-order valence-electron chi connectivity index (χ1n) is 34.2. The number of hydrogen-bond acceptors (Lipinski definition) is 4. The maximum atomic E-state index is 2.38. The Kier molecular flexibility index (Phi) is 16.4. The van der Waals surface area contributed by atoms with E-state index >= 15 is 0 Å². The van der Waals surface area contributed by atoms with Gasteiger partial charge in [-0.15, -0.1) is 0 Å². The zero-order valence-corrected chi connectivity index (χ0v) is 55.0. The van der Waals surface area contributed by atoms with Crippen LogP contribution in [0.15, 0.2) is 413 Å². The normalized spacial score (nSPS) is 11.2. The average molecular weight is 1280 g/mol. The Morgan fingerprint density at radius 3 is 0.660 bits per heavy atom. The smallest absolute Gasteiger partial charge is 0.0546 e. The molecule has 0 radical (unpaired) electrons. The molecular weight excluding hydrogens is 1210 g/mol. The number of benzene rings is 18. The molecule has 0 aromatic heterocycles. The molecule has 4 nitrogen and oxygen atoms in total. The van der Waals surface area contributed by atoms with E-state index in [0.717, 1.165) is 68.2 Å². The molecule has 0 aliphatic rings. The Labute approximate surface area is 583 Å². The number of para-hydroxylation sites is 4. The van der Waals surface area contributed by atoms with E-state index in [2.05, 4.69) is 432 Å². The van der Waals surface area contributed by atoms with Crippen molar-refractivity contribution in [2.24, 2.45) is 0 Å². The highest BCUT2D eigenvalue weighted by molar-refractivity contribution is 6.16. The Morgan fingerprint density at radius 2 is 0.340 bits per heavy atom. The van der Waals surface area contributed by atoms with E-state index in [1.807, 2.05) is 0 Å². The van der Waals surface area contributed by atoms with E-state index in [1.54, 1.807) is 0 Å². The quantitative estimate of drug-likeness (QED) is 0.101. The lowest BCUT2D eigenvalue weighted by Crippen LogP contribution is -2.10. The van der Waals surface area contributed by atoms with E-state index in [1.165, 1.54) is 86.9 Å². The molecule has 0 unspecified atom stereocenters. The van der Waals surface area contributed by atoms with Crippen molar-refractivity contribution in [1.29, 1.82) is 0 Å². The molecule has 0 bridgehead atoms. The van der Waals surface area contributed by atoms with Gasteiger partial charge in [-0.3, -0.25) is 0 Å². The van der Waals surface area contributed by atoms with E-state index in [-0.39, 0.29) is 0 Å². The lowest BCUT2D eigenvalue weighted by molar-refractivity contribution is 1.28. The zero-order chi connectivity index (χ0) is 66.6. The van der Waals surface area contributed by atoms with Gasteiger partial charge in [-0.2, -0.15) is 0 Å². The van der Waals surface area contributed by atoms with Crippen molar-refractivity contribution in [3.05, 3.63) is 413 Å². The van der Waals surface area contributed by atoms with Gasteiger partial charge in [0.1, 0.15) is 0 Å². The highest BCUT2D eigenvalue weighted by atomic mass is 15.2. The van der Waals surface area contributed by atoms with Gasteiger partial charge < -0.3 is 19.6 Å². The van der Waals surface area contributed by atoms with Gasteiger partial charge in [0.15, 0.2) is 0 Å². The molecule has 0 aliphatic heterocycles. The molecule has 472 valence electrons. The predicted molar refractivity (Wildman–Crippen MR) is 428 cm³/mol. The first-order chi connectivity index (χ1) is 49.6. The summed E-state index contributed by atoms with van der Waals surface area (Å²) in [4.78, 5) is 9.40. The summed E-state index contributed by atoms with van der Waals surface area (Å²) in [6.07, 6.45) is 0. The summed E-state index contributed by atoms with van der Waals surface area (Å²) in [5.74, 6) is 0. The van der Waals surface area contributed by atoms with Crippen LogP contribution < -0.4 is 19.6 Å². The van der Waals surface area contributed by atoms with E-state index in [9.17, 15) is 0 Å². The molecule has 0 heterocycles. The molecule has 0 amide bonds. The van der Waals surface area contributed by atoms with Crippen LogP contribution >= 0.6 is 0 Å². The molecule has 18 aromatic rings. The molecule has 0 N–H and O–H groups in total. The lowest BCUT2D eigenvalue weighted by Gasteiger charge is -2.28. The minimum absolute atomic E-state index is 1.11. The van der Waals surface area contributed by atoms with Crippen molar-refractivity contribution >= 4 is 133 Å². The van der Waals surface area contributed by atoms with Crippen molar-refractivity contribution in [2.75, 3.05) is 19.6 Å². The molecule has 4 heteroatoms. The SMILES string of the molecule is c1ccc(N(c2ccc(-c3ccc(N(c4ccccc4)c4cc5ccccc5c5ccccc45)cc3)cc2)c2cc3ccccc3c3ccccc23)cc1.c1ccc(N(c2ccc(-c3ccc(N(c4ccccc4)c4ccc5ccccc5c4)cc3)cc2)c2ccc3ccccc3c2)cc1. The van der Waals surface area contributed by atoms with Crippen LogP contribution in [0.1, 0.15) is 0 Å². The third-order valence-electron chi connectivity index (χ3n) is 19.2. The van der Waals surface area contributed by atoms with Gasteiger partial charge in [0.05, 0.1) is 11.4 Å². The number of nitrogens with zero attached hydrogens (tertiary/aromatic N) is 4. The topological polar surface area (TPSA) is 13.0 Å². The number of rotatable bonds is 14. The molecule has 18 aromatic carbocycles. The summed E-state index contributed by atoms with van der Waals surface area (Å²) in [5, 5.41) is 14.9. The number of anilines is 12. The fourth-order valence-corrected chi connectivity index (χ4v) is 14.3. The van der Waals surface area contributed by atoms with Crippen LogP contribution in [0.5, 0.6) is 0 Å². The van der Waals surface area contributed by atoms with Crippen LogP contribution in [0.4, 0.5) is 68.2 Å². The molecule has 0 saturated heterocycles. The van der Waals surface area contributed by atoms with Crippen LogP contribution in [-0.4, -0.2) is 0 Å². The molecule has 18 rings (SSSR count). The van der Waals surface area contributed by atoms with Crippen molar-refractivity contribution in [1.82, 2.24) is 0 Å². The summed E-state index contributed by atoms with van der Waals surface area (Å²) in [6, 6.07) is 148. The van der Waals surface area contributed by atoms with Gasteiger partial charge in [-0.25, -0.2) is 0 Å². The zero-order valence-electron chi connectivity index (χ0n) is 55.0. The Morgan fingerprint density at radius 1 is 0.120 bits per heavy atom. The first-order valence-corrected chi connectivity index (χ1v) is 34.2. The fraction of sp³-hybridized carbons (Fsp3) is 0. The lowest BCUT2D eigenvalue weighted by atomic mass is 9.98. The van der Waals surface area contributed by atoms with Crippen molar-refractivity contribution in [3.8, 4) is 22.3 Å². The summed E-state index contributed by atoms with van der Waals surface area (Å²) in [5.41, 5.74) is 18.3. The van der Waals surface area contributed by atoms with Crippen molar-refractivity contribution in [2.45, 2.75) is 0 Å². The second-order valence-electron chi connectivity index (χ2n) is 25.3. The molecule has 0 saturated carbocycles. The standard InChI is InChI=1S/C52H36N2.C44H32N2/c1-3-17-41(18-4-1)53(51-35-39-15-7-9-21-45(39)47-23-11-13-25-49(47)51)43-31-27-37(28-32-43)38-29-33-44(34-30-38)54(42-19-5-2-6-20-42)52-36-40-16-8-10-22-46(40)48-24-12-14-26-50(48)52;1-3-15-39(16-4-1)45(43-29-23-33-11-7-9-13-37(33)31-43)41-25-19-35(20-26-41)36-21-27-42(28-22-36)46(40-17-5-2-6-18-40)44-30-24-34-12-8-10-14-38(34)32-44/h1-36H;1-32H. The Balaban J connectivity index is 0.000000152. The summed E-state index contributed by atoms with van der Waals surface area (Å²) in [7, 11) is 0. The highest BCUT2D eigenvalue weighted by Crippen LogP contribution is 2.46. The maximum absolute atomic E-state index is 2.38. The third kappa shape index (κ3) is 12.0. The monoisotopic (exact) mass is 1280 g/mol. The van der Waals surface area contributed by atoms with Crippen LogP contribution in [-0.2, 0) is 0 Å². The predicted octanol–water partition coefficient (Wildman–Crippen LogP) is 27.5. The van der Waals surface area contributed by atoms with Crippen molar-refractivity contribution in [3.63, 3.8) is 0 Å². The second-order valence-corrected chi connectivity index (χ2v) is 25.3. The largest absolute Gasteiger partial charge is 0.310 e. The number of hydrogen-bond donors (Lipinski definition) is 0. The Hall–Kier alpha value is -13.3. The van der Waals surface area contributed by atoms with Crippen molar-refractivity contribution < 1.29 is 0 Å². The first kappa shape index (κ1) is 60.4. The van der Waals surface area contributed by atoms with Crippen LogP contribution in [0.2, 0.25) is 0 Å². The summed E-state index contributed by atoms with van der Waals surface area (Å²) >= 11 is 0. The molecule has 0 atom stereocenters. The number of fused-ring (bicyclic) bond motifs is 8. The highest BCUT2D eigenvalue weighted by Gasteiger charge is 2.21. The van der Waals surface area contributed by atoms with Crippen LogP contribution in [0.25, 0.3) is 86.9 Å². The third-order valence-corrected chi connectivity index (χ3v) is 19.2. The molecule has 0 fully saturated rings. The molecular formula is C96H68N4. The maximum Gasteiger partial charge on any atom is 0.0546 e. The van der Waals surface area contributed by atoms with Gasteiger partial charge in [-0.05, 0) is 210 Å². The fourth-order valence-electron chi connectivity index (χ4n) is 14.3. The van der Waals surface area contributed by atoms with Gasteiger partial charge >= 0.3 is 0 Å². The molecule has 100 heavy (non-hydrogen) atoms.